The summed E-state index contributed by atoms with van der Waals surface area (Å²) in [6.07, 6.45) is 0.0912. The second-order valence-electron chi connectivity index (χ2n) is 4.83. The van der Waals surface area contributed by atoms with E-state index in [2.05, 4.69) is 21.2 Å². The number of rotatable bonds is 7. The minimum Gasteiger partial charge on any atom is -0.466 e. The quantitative estimate of drug-likeness (QED) is 0.712. The SMILES string of the molecule is CCOC(=O)[C@H](C)C[C@H](NC(=O)c1cccc(Br)c1)C(N)=O. The number of esters is 1. The predicted molar refractivity (Wildman–Crippen MR) is 85.0 cm³/mol. The fourth-order valence-electron chi connectivity index (χ4n) is 1.85. The zero-order valence-corrected chi connectivity index (χ0v) is 14.1. The average molecular weight is 371 g/mol. The van der Waals surface area contributed by atoms with E-state index in [9.17, 15) is 14.4 Å². The van der Waals surface area contributed by atoms with E-state index in [0.717, 1.165) is 4.47 Å². The Bertz CT molecular complexity index is 562. The van der Waals surface area contributed by atoms with E-state index in [0.29, 0.717) is 5.56 Å². The summed E-state index contributed by atoms with van der Waals surface area (Å²) in [7, 11) is 0. The lowest BCUT2D eigenvalue weighted by Crippen LogP contribution is -2.46. The molecular formula is C15H19BrN2O4. The summed E-state index contributed by atoms with van der Waals surface area (Å²) in [5.74, 6) is -2.09. The van der Waals surface area contributed by atoms with E-state index >= 15 is 0 Å². The monoisotopic (exact) mass is 370 g/mol. The molecular weight excluding hydrogens is 352 g/mol. The van der Waals surface area contributed by atoms with Crippen LogP contribution in [-0.2, 0) is 14.3 Å². The molecule has 1 aromatic rings. The van der Waals surface area contributed by atoms with Crippen LogP contribution in [0.15, 0.2) is 28.7 Å². The van der Waals surface area contributed by atoms with Gasteiger partial charge in [-0.25, -0.2) is 0 Å². The number of hydrogen-bond acceptors (Lipinski definition) is 4. The summed E-state index contributed by atoms with van der Waals surface area (Å²) in [5, 5.41) is 2.55. The van der Waals surface area contributed by atoms with Crippen molar-refractivity contribution in [2.24, 2.45) is 11.7 Å². The van der Waals surface area contributed by atoms with Crippen molar-refractivity contribution < 1.29 is 19.1 Å². The number of ether oxygens (including phenoxy) is 1. The van der Waals surface area contributed by atoms with Crippen molar-refractivity contribution in [3.05, 3.63) is 34.3 Å². The van der Waals surface area contributed by atoms with Crippen molar-refractivity contribution in [3.8, 4) is 0 Å². The van der Waals surface area contributed by atoms with E-state index < -0.39 is 29.7 Å². The van der Waals surface area contributed by atoms with Gasteiger partial charge in [0.1, 0.15) is 6.04 Å². The van der Waals surface area contributed by atoms with Gasteiger partial charge in [-0.2, -0.15) is 0 Å². The van der Waals surface area contributed by atoms with Crippen LogP contribution in [0.25, 0.3) is 0 Å². The van der Waals surface area contributed by atoms with E-state index in [-0.39, 0.29) is 13.0 Å². The molecule has 0 heterocycles. The first-order valence-corrected chi connectivity index (χ1v) is 7.66. The van der Waals surface area contributed by atoms with Crippen LogP contribution < -0.4 is 11.1 Å². The largest absolute Gasteiger partial charge is 0.466 e. The molecule has 0 spiro atoms. The molecule has 1 rings (SSSR count). The van der Waals surface area contributed by atoms with Gasteiger partial charge in [0, 0.05) is 10.0 Å². The van der Waals surface area contributed by atoms with Crippen LogP contribution in [0.3, 0.4) is 0 Å². The van der Waals surface area contributed by atoms with Crippen LogP contribution in [0, 0.1) is 5.92 Å². The first-order chi connectivity index (χ1) is 10.3. The van der Waals surface area contributed by atoms with E-state index in [1.54, 1.807) is 38.1 Å². The Morgan fingerprint density at radius 2 is 2.05 bits per heavy atom. The summed E-state index contributed by atoms with van der Waals surface area (Å²) >= 11 is 3.27. The fourth-order valence-corrected chi connectivity index (χ4v) is 2.25. The maximum Gasteiger partial charge on any atom is 0.308 e. The molecule has 0 aliphatic rings. The highest BCUT2D eigenvalue weighted by molar-refractivity contribution is 9.10. The first kappa shape index (κ1) is 18.2. The number of benzene rings is 1. The van der Waals surface area contributed by atoms with E-state index in [4.69, 9.17) is 10.5 Å². The van der Waals surface area contributed by atoms with Gasteiger partial charge in [-0.3, -0.25) is 14.4 Å². The molecule has 0 saturated carbocycles. The topological polar surface area (TPSA) is 98.5 Å². The van der Waals surface area contributed by atoms with Crippen molar-refractivity contribution in [2.75, 3.05) is 6.61 Å². The van der Waals surface area contributed by atoms with Crippen molar-refractivity contribution >= 4 is 33.7 Å². The summed E-state index contributed by atoms with van der Waals surface area (Å²) in [6.45, 7) is 3.58. The van der Waals surface area contributed by atoms with E-state index in [1.165, 1.54) is 0 Å². The van der Waals surface area contributed by atoms with Gasteiger partial charge in [0.2, 0.25) is 5.91 Å². The molecule has 0 bridgehead atoms. The maximum atomic E-state index is 12.1. The van der Waals surface area contributed by atoms with Crippen LogP contribution in [-0.4, -0.2) is 30.4 Å². The molecule has 0 unspecified atom stereocenters. The smallest absolute Gasteiger partial charge is 0.308 e. The Kier molecular flexibility index (Phi) is 7.04. The molecule has 120 valence electrons. The van der Waals surface area contributed by atoms with Gasteiger partial charge in [-0.15, -0.1) is 0 Å². The second-order valence-corrected chi connectivity index (χ2v) is 5.74. The molecule has 2 amide bonds. The zero-order valence-electron chi connectivity index (χ0n) is 12.5. The van der Waals surface area contributed by atoms with Gasteiger partial charge < -0.3 is 15.8 Å². The van der Waals surface area contributed by atoms with Crippen LogP contribution in [0.5, 0.6) is 0 Å². The number of nitrogens with two attached hydrogens (primary N) is 1. The first-order valence-electron chi connectivity index (χ1n) is 6.87. The number of carbonyl (C=O) groups excluding carboxylic acids is 3. The zero-order chi connectivity index (χ0) is 16.7. The molecule has 0 aliphatic heterocycles. The number of primary amides is 1. The molecule has 22 heavy (non-hydrogen) atoms. The van der Waals surface area contributed by atoms with Gasteiger partial charge in [-0.05, 0) is 31.5 Å². The Morgan fingerprint density at radius 1 is 1.36 bits per heavy atom. The predicted octanol–water partition coefficient (Wildman–Crippen LogP) is 1.62. The maximum absolute atomic E-state index is 12.1. The van der Waals surface area contributed by atoms with Crippen LogP contribution in [0.2, 0.25) is 0 Å². The average Bonchev–Trinajstić information content (AvgIpc) is 2.46. The Labute approximate surface area is 137 Å². The molecule has 0 saturated heterocycles. The number of amides is 2. The third kappa shape index (κ3) is 5.48. The summed E-state index contributed by atoms with van der Waals surface area (Å²) in [5.41, 5.74) is 5.69. The van der Waals surface area contributed by atoms with Crippen molar-refractivity contribution in [1.82, 2.24) is 5.32 Å². The molecule has 1 aromatic carbocycles. The highest BCUT2D eigenvalue weighted by Crippen LogP contribution is 2.13. The van der Waals surface area contributed by atoms with Gasteiger partial charge in [-0.1, -0.05) is 28.9 Å². The number of carbonyl (C=O) groups is 3. The van der Waals surface area contributed by atoms with Crippen LogP contribution >= 0.6 is 15.9 Å². The van der Waals surface area contributed by atoms with Crippen LogP contribution in [0.1, 0.15) is 30.6 Å². The van der Waals surface area contributed by atoms with Gasteiger partial charge in [0.15, 0.2) is 0 Å². The Morgan fingerprint density at radius 3 is 2.59 bits per heavy atom. The molecule has 7 heteroatoms. The minimum atomic E-state index is -0.939. The summed E-state index contributed by atoms with van der Waals surface area (Å²) < 4.78 is 5.63. The third-order valence-electron chi connectivity index (χ3n) is 3.01. The van der Waals surface area contributed by atoms with Gasteiger partial charge in [0.25, 0.3) is 5.91 Å². The highest BCUT2D eigenvalue weighted by Gasteiger charge is 2.25. The number of hydrogen-bond donors (Lipinski definition) is 2. The van der Waals surface area contributed by atoms with Gasteiger partial charge >= 0.3 is 5.97 Å². The Balaban J connectivity index is 2.74. The second kappa shape index (κ2) is 8.53. The number of nitrogens with one attached hydrogen (secondary N) is 1. The summed E-state index contributed by atoms with van der Waals surface area (Å²) in [6, 6.07) is 5.80. The molecule has 0 radical (unpaired) electrons. The molecule has 6 nitrogen and oxygen atoms in total. The molecule has 3 N–H and O–H groups in total. The summed E-state index contributed by atoms with van der Waals surface area (Å²) in [4.78, 5) is 35.2. The normalized spacial score (nSPS) is 13.0. The fraction of sp³-hybridized carbons (Fsp3) is 0.400. The third-order valence-corrected chi connectivity index (χ3v) is 3.51. The minimum absolute atomic E-state index is 0.0912. The standard InChI is InChI=1S/C15H19BrN2O4/c1-3-22-15(21)9(2)7-12(13(17)19)18-14(20)10-5-4-6-11(16)8-10/h4-6,8-9,12H,3,7H2,1-2H3,(H2,17,19)(H,18,20)/t9-,12+/m1/s1. The molecule has 2 atom stereocenters. The number of halogens is 1. The lowest BCUT2D eigenvalue weighted by Gasteiger charge is -2.19. The van der Waals surface area contributed by atoms with Gasteiger partial charge in [0.05, 0.1) is 12.5 Å². The van der Waals surface area contributed by atoms with Crippen LogP contribution in [0.4, 0.5) is 0 Å². The molecule has 0 aromatic heterocycles. The Hall–Kier alpha value is -1.89. The molecule has 0 fully saturated rings. The van der Waals surface area contributed by atoms with Crippen molar-refractivity contribution in [2.45, 2.75) is 26.3 Å². The van der Waals surface area contributed by atoms with E-state index in [1.807, 2.05) is 0 Å². The lowest BCUT2D eigenvalue weighted by atomic mass is 10.0. The van der Waals surface area contributed by atoms with Crippen molar-refractivity contribution in [3.63, 3.8) is 0 Å². The lowest BCUT2D eigenvalue weighted by molar-refractivity contribution is -0.147. The highest BCUT2D eigenvalue weighted by atomic mass is 79.9. The van der Waals surface area contributed by atoms with Crippen molar-refractivity contribution in [1.29, 1.82) is 0 Å². The molecule has 0 aliphatic carbocycles.